The Morgan fingerprint density at radius 2 is 1.52 bits per heavy atom. The minimum Gasteiger partial charge on any atom is -0.423 e. The molecule has 2 amide bonds. The van der Waals surface area contributed by atoms with Gasteiger partial charge in [0.25, 0.3) is 0 Å². The Labute approximate surface area is 157 Å². The third-order valence-electron chi connectivity index (χ3n) is 3.73. The van der Waals surface area contributed by atoms with Crippen molar-refractivity contribution in [2.45, 2.75) is 34.2 Å². The van der Waals surface area contributed by atoms with Crippen molar-refractivity contribution in [2.24, 2.45) is 0 Å². The number of hydrogen-bond donors (Lipinski definition) is 2. The second kappa shape index (κ2) is 8.84. The fourth-order valence-electron chi connectivity index (χ4n) is 2.31. The lowest BCUT2D eigenvalue weighted by molar-refractivity contribution is -0.134. The SMILES string of the molecule is CC(=O)Oc1ccc(CNC(=O)Nc2ccc(C)c(C)c2)cc1OC(C)=O. The fraction of sp³-hybridized carbons (Fsp3) is 0.250. The molecule has 142 valence electrons. The third-order valence-corrected chi connectivity index (χ3v) is 3.73. The molecule has 2 aromatic carbocycles. The summed E-state index contributed by atoms with van der Waals surface area (Å²) in [6, 6.07) is 10.0. The number of ether oxygens (including phenoxy) is 2. The van der Waals surface area contributed by atoms with Gasteiger partial charge in [-0.15, -0.1) is 0 Å². The minimum absolute atomic E-state index is 0.117. The molecule has 2 N–H and O–H groups in total. The maximum absolute atomic E-state index is 12.1. The first kappa shape index (κ1) is 20.0. The number of aryl methyl sites for hydroxylation is 2. The van der Waals surface area contributed by atoms with E-state index in [-0.39, 0.29) is 24.1 Å². The molecule has 27 heavy (non-hydrogen) atoms. The van der Waals surface area contributed by atoms with Crippen molar-refractivity contribution >= 4 is 23.7 Å². The average Bonchev–Trinajstić information content (AvgIpc) is 2.57. The number of carbonyl (C=O) groups is 3. The second-order valence-electron chi connectivity index (χ2n) is 6.08. The number of anilines is 1. The van der Waals surface area contributed by atoms with Crippen molar-refractivity contribution in [1.82, 2.24) is 5.32 Å². The Kier molecular flexibility index (Phi) is 6.54. The predicted molar refractivity (Wildman–Crippen MR) is 101 cm³/mol. The molecule has 7 nitrogen and oxygen atoms in total. The summed E-state index contributed by atoms with van der Waals surface area (Å²) in [6.07, 6.45) is 0. The molecule has 0 spiro atoms. The average molecular weight is 370 g/mol. The van der Waals surface area contributed by atoms with Gasteiger partial charge in [-0.3, -0.25) is 9.59 Å². The Balaban J connectivity index is 2.03. The topological polar surface area (TPSA) is 93.7 Å². The summed E-state index contributed by atoms with van der Waals surface area (Å²) >= 11 is 0. The van der Waals surface area contributed by atoms with Gasteiger partial charge in [0.05, 0.1) is 0 Å². The predicted octanol–water partition coefficient (Wildman–Crippen LogP) is 3.48. The van der Waals surface area contributed by atoms with Crippen molar-refractivity contribution in [2.75, 3.05) is 5.32 Å². The molecule has 0 saturated heterocycles. The number of nitrogens with one attached hydrogen (secondary N) is 2. The normalized spacial score (nSPS) is 10.1. The second-order valence-corrected chi connectivity index (χ2v) is 6.08. The standard InChI is InChI=1S/C20H22N2O5/c1-12-5-7-17(9-13(12)2)22-20(25)21-11-16-6-8-18(26-14(3)23)19(10-16)27-15(4)24/h5-10H,11H2,1-4H3,(H2,21,22,25). The molecule has 0 saturated carbocycles. The number of carbonyl (C=O) groups excluding carboxylic acids is 3. The highest BCUT2D eigenvalue weighted by molar-refractivity contribution is 5.89. The van der Waals surface area contributed by atoms with Crippen LogP contribution < -0.4 is 20.1 Å². The molecule has 0 aliphatic carbocycles. The molecule has 0 atom stereocenters. The van der Waals surface area contributed by atoms with Crippen LogP contribution in [0.5, 0.6) is 11.5 Å². The zero-order chi connectivity index (χ0) is 20.0. The highest BCUT2D eigenvalue weighted by atomic mass is 16.6. The fourth-order valence-corrected chi connectivity index (χ4v) is 2.31. The summed E-state index contributed by atoms with van der Waals surface area (Å²) in [5.74, 6) is -0.810. The molecule has 0 aromatic heterocycles. The maximum atomic E-state index is 12.1. The Morgan fingerprint density at radius 3 is 2.15 bits per heavy atom. The van der Waals surface area contributed by atoms with E-state index in [4.69, 9.17) is 9.47 Å². The molecular formula is C20H22N2O5. The molecule has 0 heterocycles. The number of amides is 2. The monoisotopic (exact) mass is 370 g/mol. The maximum Gasteiger partial charge on any atom is 0.319 e. The van der Waals surface area contributed by atoms with Crippen LogP contribution in [0.3, 0.4) is 0 Å². The van der Waals surface area contributed by atoms with Gasteiger partial charge in [0.15, 0.2) is 11.5 Å². The van der Waals surface area contributed by atoms with Gasteiger partial charge in [-0.05, 0) is 54.8 Å². The van der Waals surface area contributed by atoms with Crippen molar-refractivity contribution in [3.05, 3.63) is 53.1 Å². The highest BCUT2D eigenvalue weighted by Crippen LogP contribution is 2.29. The lowest BCUT2D eigenvalue weighted by Crippen LogP contribution is -2.28. The van der Waals surface area contributed by atoms with E-state index < -0.39 is 11.9 Å². The lowest BCUT2D eigenvalue weighted by atomic mass is 10.1. The molecule has 0 fully saturated rings. The smallest absolute Gasteiger partial charge is 0.319 e. The van der Waals surface area contributed by atoms with Crippen LogP contribution in [0.15, 0.2) is 36.4 Å². The van der Waals surface area contributed by atoms with Crippen LogP contribution in [0.2, 0.25) is 0 Å². The number of urea groups is 1. The van der Waals surface area contributed by atoms with Gasteiger partial charge in [-0.1, -0.05) is 12.1 Å². The number of esters is 2. The zero-order valence-electron chi connectivity index (χ0n) is 15.7. The third kappa shape index (κ3) is 6.14. The first-order valence-corrected chi connectivity index (χ1v) is 8.36. The summed E-state index contributed by atoms with van der Waals surface area (Å²) in [7, 11) is 0. The van der Waals surface area contributed by atoms with Crippen LogP contribution in [0.4, 0.5) is 10.5 Å². The lowest BCUT2D eigenvalue weighted by Gasteiger charge is -2.12. The van der Waals surface area contributed by atoms with Crippen LogP contribution in [0, 0.1) is 13.8 Å². The summed E-state index contributed by atoms with van der Waals surface area (Å²) < 4.78 is 10.1. The zero-order valence-corrected chi connectivity index (χ0v) is 15.7. The Hall–Kier alpha value is -3.35. The number of rotatable bonds is 5. The van der Waals surface area contributed by atoms with Crippen LogP contribution in [-0.2, 0) is 16.1 Å². The first-order chi connectivity index (χ1) is 12.7. The highest BCUT2D eigenvalue weighted by Gasteiger charge is 2.12. The van der Waals surface area contributed by atoms with Crippen molar-refractivity contribution in [1.29, 1.82) is 0 Å². The van der Waals surface area contributed by atoms with Gasteiger partial charge in [-0.2, -0.15) is 0 Å². The van der Waals surface area contributed by atoms with Gasteiger partial charge in [0.2, 0.25) is 0 Å². The summed E-state index contributed by atoms with van der Waals surface area (Å²) in [5.41, 5.74) is 3.60. The van der Waals surface area contributed by atoms with Gasteiger partial charge < -0.3 is 20.1 Å². The molecular weight excluding hydrogens is 348 g/mol. The Bertz CT molecular complexity index is 877. The quantitative estimate of drug-likeness (QED) is 0.621. The van der Waals surface area contributed by atoms with Gasteiger partial charge in [0.1, 0.15) is 0 Å². The van der Waals surface area contributed by atoms with Gasteiger partial charge in [-0.25, -0.2) is 4.79 Å². The van der Waals surface area contributed by atoms with Crippen LogP contribution in [-0.4, -0.2) is 18.0 Å². The first-order valence-electron chi connectivity index (χ1n) is 8.36. The summed E-state index contributed by atoms with van der Waals surface area (Å²) in [6.45, 7) is 6.67. The summed E-state index contributed by atoms with van der Waals surface area (Å²) in [4.78, 5) is 34.5. The molecule has 2 aromatic rings. The number of benzene rings is 2. The molecule has 2 rings (SSSR count). The van der Waals surface area contributed by atoms with E-state index in [0.29, 0.717) is 11.3 Å². The van der Waals surface area contributed by atoms with E-state index in [9.17, 15) is 14.4 Å². The molecule has 0 radical (unpaired) electrons. The molecule has 0 bridgehead atoms. The van der Waals surface area contributed by atoms with Gasteiger partial charge >= 0.3 is 18.0 Å². The molecule has 0 aliphatic rings. The van der Waals surface area contributed by atoms with Crippen LogP contribution in [0.25, 0.3) is 0 Å². The molecule has 0 aliphatic heterocycles. The van der Waals surface area contributed by atoms with E-state index in [1.54, 1.807) is 6.07 Å². The van der Waals surface area contributed by atoms with Gasteiger partial charge in [0, 0.05) is 26.1 Å². The largest absolute Gasteiger partial charge is 0.423 e. The minimum atomic E-state index is -0.541. The Morgan fingerprint density at radius 1 is 0.852 bits per heavy atom. The van der Waals surface area contributed by atoms with Crippen LogP contribution in [0.1, 0.15) is 30.5 Å². The van der Waals surface area contributed by atoms with E-state index in [0.717, 1.165) is 11.1 Å². The van der Waals surface area contributed by atoms with E-state index >= 15 is 0 Å². The van der Waals surface area contributed by atoms with Crippen LogP contribution >= 0.6 is 0 Å². The van der Waals surface area contributed by atoms with E-state index in [2.05, 4.69) is 10.6 Å². The van der Waals surface area contributed by atoms with E-state index in [1.165, 1.54) is 26.0 Å². The van der Waals surface area contributed by atoms with E-state index in [1.807, 2.05) is 32.0 Å². The van der Waals surface area contributed by atoms with Crippen molar-refractivity contribution in [3.63, 3.8) is 0 Å². The molecule has 7 heteroatoms. The van der Waals surface area contributed by atoms with Crippen molar-refractivity contribution < 1.29 is 23.9 Å². The number of hydrogen-bond acceptors (Lipinski definition) is 5. The molecule has 0 unspecified atom stereocenters. The van der Waals surface area contributed by atoms with Crippen molar-refractivity contribution in [3.8, 4) is 11.5 Å². The summed E-state index contributed by atoms with van der Waals surface area (Å²) in [5, 5.41) is 5.48.